The van der Waals surface area contributed by atoms with Gasteiger partial charge < -0.3 is 0 Å². The third-order valence-corrected chi connectivity index (χ3v) is 0.487. The lowest BCUT2D eigenvalue weighted by Gasteiger charge is -1.76. The van der Waals surface area contributed by atoms with E-state index >= 15 is 0 Å². The van der Waals surface area contributed by atoms with Gasteiger partial charge in [0.25, 0.3) is 0 Å². The lowest BCUT2D eigenvalue weighted by Crippen LogP contribution is -1.67. The Morgan fingerprint density at radius 2 is 1.71 bits per heavy atom. The summed E-state index contributed by atoms with van der Waals surface area (Å²) in [4.78, 5) is 0. The average molecular weight is 108 g/mol. The van der Waals surface area contributed by atoms with Gasteiger partial charge in [-0.3, -0.25) is 4.39 Å². The summed E-state index contributed by atoms with van der Waals surface area (Å²) in [5.41, 5.74) is 0. The summed E-state index contributed by atoms with van der Waals surface area (Å²) >= 11 is 0. The Hall–Kier alpha value is -0.0700. The second-order valence-corrected chi connectivity index (χ2v) is 1.04. The van der Waals surface area contributed by atoms with Gasteiger partial charge in [-0.2, -0.15) is 0 Å². The summed E-state index contributed by atoms with van der Waals surface area (Å²) in [5.74, 6) is 0. The molecule has 0 spiro atoms. The summed E-state index contributed by atoms with van der Waals surface area (Å²) in [6, 6.07) is 0. The number of unbranched alkanes of at least 4 members (excludes halogenated alkanes) is 1. The predicted octanol–water partition coefficient (Wildman–Crippen LogP) is 3.03. The lowest BCUT2D eigenvalue weighted by atomic mass is 10.4. The molecule has 0 fully saturated rings. The summed E-state index contributed by atoms with van der Waals surface area (Å²) in [7, 11) is 0. The highest BCUT2D eigenvalue weighted by molar-refractivity contribution is 4.23. The van der Waals surface area contributed by atoms with Crippen molar-refractivity contribution in [2.45, 2.75) is 34.6 Å². The monoisotopic (exact) mass is 108 g/mol. The van der Waals surface area contributed by atoms with E-state index in [4.69, 9.17) is 0 Å². The van der Waals surface area contributed by atoms with E-state index in [9.17, 15) is 4.39 Å². The van der Waals surface area contributed by atoms with Crippen LogP contribution in [0.4, 0.5) is 4.39 Å². The zero-order valence-corrected chi connectivity index (χ0v) is 3.50. The molecule has 0 saturated carbocycles. The van der Waals surface area contributed by atoms with Crippen molar-refractivity contribution in [3.8, 4) is 0 Å². The minimum Gasteiger partial charge on any atom is -0.251 e. The largest absolute Gasteiger partial charge is 0.251 e. The Bertz CT molecular complexity index is 11.7. The van der Waals surface area contributed by atoms with E-state index in [-0.39, 0.29) is 21.5 Å². The van der Waals surface area contributed by atoms with E-state index in [1.807, 2.05) is 6.92 Å². The summed E-state index contributed by atoms with van der Waals surface area (Å²) in [6.07, 6.45) is 1.69. The fourth-order valence-electron chi connectivity index (χ4n) is 0.134. The van der Waals surface area contributed by atoms with Gasteiger partial charge >= 0.3 is 0 Å². The van der Waals surface area contributed by atoms with Gasteiger partial charge in [0.15, 0.2) is 0 Å². The molecule has 0 aromatic heterocycles. The molecule has 0 saturated heterocycles. The second kappa shape index (κ2) is 16.8. The molecule has 7 heavy (non-hydrogen) atoms. The van der Waals surface area contributed by atoms with Crippen molar-refractivity contribution in [3.05, 3.63) is 0 Å². The molecule has 1 heteroatoms. The molecular weight excluding hydrogens is 91.1 g/mol. The molecule has 0 unspecified atom stereocenters. The highest BCUT2D eigenvalue weighted by atomic mass is 19.1. The van der Waals surface area contributed by atoms with E-state index < -0.39 is 0 Å². The van der Waals surface area contributed by atoms with Crippen LogP contribution in [-0.4, -0.2) is 6.67 Å². The highest BCUT2D eigenvalue weighted by Crippen LogP contribution is 1.83. The standard InChI is InChI=1S/C4H9F.2CH4/c1-2-3-4-5;;/h2-4H2,1H3;2*1H4. The first kappa shape index (κ1) is 15.8. The predicted molar refractivity (Wildman–Crippen MR) is 34.3 cm³/mol. The van der Waals surface area contributed by atoms with Crippen LogP contribution < -0.4 is 0 Å². The second-order valence-electron chi connectivity index (χ2n) is 1.04. The van der Waals surface area contributed by atoms with Gasteiger partial charge in [-0.1, -0.05) is 28.2 Å². The third kappa shape index (κ3) is 24.6. The van der Waals surface area contributed by atoms with Crippen molar-refractivity contribution in [3.63, 3.8) is 0 Å². The minimum atomic E-state index is -0.156. The van der Waals surface area contributed by atoms with E-state index in [2.05, 4.69) is 0 Å². The van der Waals surface area contributed by atoms with Crippen LogP contribution in [0.3, 0.4) is 0 Å². The van der Waals surface area contributed by atoms with Crippen molar-refractivity contribution >= 4 is 0 Å². The minimum absolute atomic E-state index is 0. The van der Waals surface area contributed by atoms with Crippen molar-refractivity contribution < 1.29 is 4.39 Å². The van der Waals surface area contributed by atoms with Gasteiger partial charge in [0.05, 0.1) is 6.67 Å². The first-order valence-electron chi connectivity index (χ1n) is 1.97. The van der Waals surface area contributed by atoms with Crippen LogP contribution in [0.25, 0.3) is 0 Å². The van der Waals surface area contributed by atoms with Crippen molar-refractivity contribution in [2.75, 3.05) is 6.67 Å². The van der Waals surface area contributed by atoms with Crippen molar-refractivity contribution in [1.29, 1.82) is 0 Å². The summed E-state index contributed by atoms with van der Waals surface area (Å²) < 4.78 is 11.0. The van der Waals surface area contributed by atoms with E-state index in [0.717, 1.165) is 12.8 Å². The van der Waals surface area contributed by atoms with Crippen LogP contribution in [0.2, 0.25) is 0 Å². The summed E-state index contributed by atoms with van der Waals surface area (Å²) in [5, 5.41) is 0. The van der Waals surface area contributed by atoms with E-state index in [1.165, 1.54) is 0 Å². The number of halogens is 1. The van der Waals surface area contributed by atoms with E-state index in [1.54, 1.807) is 0 Å². The molecule has 0 rings (SSSR count). The maximum atomic E-state index is 11.0. The third-order valence-electron chi connectivity index (χ3n) is 0.487. The Labute approximate surface area is 46.7 Å². The lowest BCUT2D eigenvalue weighted by molar-refractivity contribution is 0.469. The fraction of sp³-hybridized carbons (Fsp3) is 1.00. The van der Waals surface area contributed by atoms with Gasteiger partial charge in [0.2, 0.25) is 0 Å². The molecule has 0 nitrogen and oxygen atoms in total. The SMILES string of the molecule is C.C.CCCCF. The topological polar surface area (TPSA) is 0 Å². The van der Waals surface area contributed by atoms with Crippen LogP contribution >= 0.6 is 0 Å². The number of alkyl halides is 1. The maximum absolute atomic E-state index is 11.0. The molecular formula is C6H17F. The van der Waals surface area contributed by atoms with Crippen LogP contribution in [0.1, 0.15) is 34.6 Å². The quantitative estimate of drug-likeness (QED) is 0.510. The molecule has 0 N–H and O–H groups in total. The van der Waals surface area contributed by atoms with Gasteiger partial charge in [-0.05, 0) is 6.42 Å². The van der Waals surface area contributed by atoms with Crippen LogP contribution in [0, 0.1) is 0 Å². The Kier molecular flexibility index (Phi) is 37.8. The summed E-state index contributed by atoms with van der Waals surface area (Å²) in [6.45, 7) is 1.82. The molecule has 0 heterocycles. The van der Waals surface area contributed by atoms with Gasteiger partial charge in [-0.15, -0.1) is 0 Å². The molecule has 0 bridgehead atoms. The average Bonchev–Trinajstić information content (AvgIpc) is 1.41. The molecule has 0 aromatic carbocycles. The zero-order chi connectivity index (χ0) is 4.12. The van der Waals surface area contributed by atoms with Crippen LogP contribution in [-0.2, 0) is 0 Å². The Morgan fingerprint density at radius 1 is 1.29 bits per heavy atom. The zero-order valence-electron chi connectivity index (χ0n) is 3.50. The van der Waals surface area contributed by atoms with Crippen molar-refractivity contribution in [1.82, 2.24) is 0 Å². The molecule has 0 aromatic rings. The molecule has 0 aliphatic heterocycles. The van der Waals surface area contributed by atoms with Crippen molar-refractivity contribution in [2.24, 2.45) is 0 Å². The first-order chi connectivity index (χ1) is 2.41. The number of hydrogen-bond donors (Lipinski definition) is 0. The normalized spacial score (nSPS) is 6.00. The Morgan fingerprint density at radius 3 is 1.71 bits per heavy atom. The molecule has 48 valence electrons. The van der Waals surface area contributed by atoms with E-state index in [0.29, 0.717) is 0 Å². The molecule has 0 atom stereocenters. The Balaban J connectivity index is -0.0000000800. The van der Waals surface area contributed by atoms with Crippen LogP contribution in [0.15, 0.2) is 0 Å². The molecule has 0 aliphatic carbocycles. The maximum Gasteiger partial charge on any atom is 0.0894 e. The van der Waals surface area contributed by atoms with Crippen LogP contribution in [0.5, 0.6) is 0 Å². The fourth-order valence-corrected chi connectivity index (χ4v) is 0.134. The first-order valence-corrected chi connectivity index (χ1v) is 1.97. The van der Waals surface area contributed by atoms with Gasteiger partial charge in [0.1, 0.15) is 0 Å². The van der Waals surface area contributed by atoms with Gasteiger partial charge in [0, 0.05) is 0 Å². The molecule has 0 radical (unpaired) electrons. The molecule has 0 amide bonds. The number of hydrogen-bond acceptors (Lipinski definition) is 0. The van der Waals surface area contributed by atoms with Gasteiger partial charge in [-0.25, -0.2) is 0 Å². The highest BCUT2D eigenvalue weighted by Gasteiger charge is 1.71. The smallest absolute Gasteiger partial charge is 0.0894 e. The molecule has 0 aliphatic rings. The number of rotatable bonds is 2.